The number of carbonyl (C=O) groups excluding carboxylic acids is 1. The third kappa shape index (κ3) is 3.76. The van der Waals surface area contributed by atoms with E-state index in [1.54, 1.807) is 6.92 Å². The van der Waals surface area contributed by atoms with E-state index in [-0.39, 0.29) is 12.1 Å². The van der Waals surface area contributed by atoms with Gasteiger partial charge in [-0.1, -0.05) is 6.92 Å². The van der Waals surface area contributed by atoms with Gasteiger partial charge in [-0.2, -0.15) is 13.2 Å². The average molecular weight is 265 g/mol. The molecule has 1 N–H and O–H groups in total. The predicted molar refractivity (Wildman–Crippen MR) is 57.1 cm³/mol. The van der Waals surface area contributed by atoms with Crippen molar-refractivity contribution in [2.45, 2.75) is 19.5 Å². The molecule has 0 aliphatic rings. The van der Waals surface area contributed by atoms with Crippen LogP contribution < -0.4 is 0 Å². The van der Waals surface area contributed by atoms with Crippen LogP contribution in [0.4, 0.5) is 13.2 Å². The molecule has 0 saturated heterocycles. The highest BCUT2D eigenvalue weighted by molar-refractivity contribution is 5.95. The molecule has 1 aromatic rings. The molecule has 102 valence electrons. The van der Waals surface area contributed by atoms with Gasteiger partial charge in [0.15, 0.2) is 0 Å². The Bertz CT molecular complexity index is 400. The molecule has 1 aromatic heterocycles. The maximum atomic E-state index is 12.3. The Morgan fingerprint density at radius 3 is 2.67 bits per heavy atom. The van der Waals surface area contributed by atoms with Gasteiger partial charge in [0.25, 0.3) is 5.91 Å². The zero-order valence-electron chi connectivity index (χ0n) is 9.83. The van der Waals surface area contributed by atoms with Crippen LogP contribution in [0.3, 0.4) is 0 Å². The smallest absolute Gasteiger partial charge is 0.406 e. The van der Waals surface area contributed by atoms with Crippen molar-refractivity contribution in [3.05, 3.63) is 23.7 Å². The molecule has 0 spiro atoms. The normalized spacial score (nSPS) is 11.6. The lowest BCUT2D eigenvalue weighted by molar-refractivity contribution is -0.141. The fourth-order valence-corrected chi connectivity index (χ4v) is 1.56. The first-order chi connectivity index (χ1) is 8.39. The second-order valence-electron chi connectivity index (χ2n) is 3.68. The number of hydrogen-bond donors (Lipinski definition) is 1. The summed E-state index contributed by atoms with van der Waals surface area (Å²) < 4.78 is 41.9. The number of halogens is 3. The Morgan fingerprint density at radius 1 is 1.50 bits per heavy atom. The molecule has 1 amide bonds. The molecular formula is C11H14F3NO3. The number of aryl methyl sites for hydroxylation is 1. The topological polar surface area (TPSA) is 53.7 Å². The molecular weight excluding hydrogens is 251 g/mol. The van der Waals surface area contributed by atoms with Crippen molar-refractivity contribution in [2.75, 3.05) is 19.7 Å². The van der Waals surface area contributed by atoms with Crippen molar-refractivity contribution < 1.29 is 27.5 Å². The molecule has 18 heavy (non-hydrogen) atoms. The summed E-state index contributed by atoms with van der Waals surface area (Å²) in [5.41, 5.74) is 0.107. The molecule has 0 aliphatic heterocycles. The standard InChI is InChI=1S/C11H14F3NO3/c1-2-9-8(3-6-18-9)10(17)15(4-5-16)7-11(12,13)14/h3,6,16H,2,4-5,7H2,1H3. The lowest BCUT2D eigenvalue weighted by atomic mass is 10.2. The summed E-state index contributed by atoms with van der Waals surface area (Å²) in [5.74, 6) is -0.447. The van der Waals surface area contributed by atoms with Gasteiger partial charge in [0, 0.05) is 13.0 Å². The highest BCUT2D eigenvalue weighted by Gasteiger charge is 2.33. The van der Waals surface area contributed by atoms with E-state index in [0.717, 1.165) is 0 Å². The predicted octanol–water partition coefficient (Wildman–Crippen LogP) is 1.84. The number of rotatable bonds is 5. The van der Waals surface area contributed by atoms with E-state index in [1.165, 1.54) is 12.3 Å². The number of amides is 1. The second kappa shape index (κ2) is 5.90. The van der Waals surface area contributed by atoms with Crippen LogP contribution >= 0.6 is 0 Å². The van der Waals surface area contributed by atoms with Gasteiger partial charge in [-0.15, -0.1) is 0 Å². The summed E-state index contributed by atoms with van der Waals surface area (Å²) in [5, 5.41) is 8.72. The minimum absolute atomic E-state index is 0.107. The molecule has 7 heteroatoms. The van der Waals surface area contributed by atoms with Crippen LogP contribution in [0.5, 0.6) is 0 Å². The van der Waals surface area contributed by atoms with Crippen molar-refractivity contribution in [1.82, 2.24) is 4.90 Å². The summed E-state index contributed by atoms with van der Waals surface area (Å²) in [7, 11) is 0. The first-order valence-corrected chi connectivity index (χ1v) is 5.42. The molecule has 1 rings (SSSR count). The van der Waals surface area contributed by atoms with Crippen LogP contribution in [0, 0.1) is 0 Å². The van der Waals surface area contributed by atoms with Crippen LogP contribution in [0.15, 0.2) is 16.7 Å². The molecule has 0 fully saturated rings. The van der Waals surface area contributed by atoms with Crippen molar-refractivity contribution >= 4 is 5.91 Å². The molecule has 0 saturated carbocycles. The first kappa shape index (κ1) is 14.6. The SMILES string of the molecule is CCc1occc1C(=O)N(CCO)CC(F)(F)F. The third-order valence-corrected chi connectivity index (χ3v) is 2.32. The molecule has 1 heterocycles. The van der Waals surface area contributed by atoms with Crippen molar-refractivity contribution in [3.63, 3.8) is 0 Å². The molecule has 4 nitrogen and oxygen atoms in total. The monoisotopic (exact) mass is 265 g/mol. The van der Waals surface area contributed by atoms with Crippen LogP contribution in [0.25, 0.3) is 0 Å². The van der Waals surface area contributed by atoms with Gasteiger partial charge in [0.2, 0.25) is 0 Å². The largest absolute Gasteiger partial charge is 0.469 e. The van der Waals surface area contributed by atoms with E-state index in [0.29, 0.717) is 17.1 Å². The molecule has 0 bridgehead atoms. The fraction of sp³-hybridized carbons (Fsp3) is 0.545. The van der Waals surface area contributed by atoms with Gasteiger partial charge in [0.05, 0.1) is 18.4 Å². The van der Waals surface area contributed by atoms with Crippen LogP contribution in [-0.4, -0.2) is 41.8 Å². The highest BCUT2D eigenvalue weighted by Crippen LogP contribution is 2.20. The summed E-state index contributed by atoms with van der Waals surface area (Å²) in [6.07, 6.45) is -2.83. The maximum absolute atomic E-state index is 12.3. The van der Waals surface area contributed by atoms with E-state index in [1.807, 2.05) is 0 Å². The van der Waals surface area contributed by atoms with Crippen molar-refractivity contribution in [3.8, 4) is 0 Å². The summed E-state index contributed by atoms with van der Waals surface area (Å²) in [4.78, 5) is 12.5. The minimum Gasteiger partial charge on any atom is -0.469 e. The van der Waals surface area contributed by atoms with E-state index >= 15 is 0 Å². The fourth-order valence-electron chi connectivity index (χ4n) is 1.56. The van der Waals surface area contributed by atoms with Gasteiger partial charge in [-0.25, -0.2) is 0 Å². The summed E-state index contributed by atoms with van der Waals surface area (Å²) in [6, 6.07) is 1.34. The molecule has 0 aromatic carbocycles. The van der Waals surface area contributed by atoms with Gasteiger partial charge in [-0.05, 0) is 6.07 Å². The number of alkyl halides is 3. The van der Waals surface area contributed by atoms with Gasteiger partial charge in [-0.3, -0.25) is 4.79 Å². The van der Waals surface area contributed by atoms with Crippen LogP contribution in [0.1, 0.15) is 23.0 Å². The number of aliphatic hydroxyl groups excluding tert-OH is 1. The van der Waals surface area contributed by atoms with Crippen molar-refractivity contribution in [1.29, 1.82) is 0 Å². The quantitative estimate of drug-likeness (QED) is 0.883. The van der Waals surface area contributed by atoms with Crippen molar-refractivity contribution in [2.24, 2.45) is 0 Å². The number of furan rings is 1. The highest BCUT2D eigenvalue weighted by atomic mass is 19.4. The van der Waals surface area contributed by atoms with Gasteiger partial charge < -0.3 is 14.4 Å². The van der Waals surface area contributed by atoms with E-state index in [9.17, 15) is 18.0 Å². The summed E-state index contributed by atoms with van der Waals surface area (Å²) >= 11 is 0. The number of hydrogen-bond acceptors (Lipinski definition) is 3. The van der Waals surface area contributed by atoms with Gasteiger partial charge in [0.1, 0.15) is 12.3 Å². The number of aliphatic hydroxyl groups is 1. The summed E-state index contributed by atoms with van der Waals surface area (Å²) in [6.45, 7) is -0.551. The van der Waals surface area contributed by atoms with Crippen LogP contribution in [-0.2, 0) is 6.42 Å². The van der Waals surface area contributed by atoms with E-state index in [2.05, 4.69) is 0 Å². The lowest BCUT2D eigenvalue weighted by Crippen LogP contribution is -2.40. The van der Waals surface area contributed by atoms with Gasteiger partial charge >= 0.3 is 6.18 Å². The Labute approximate surface area is 102 Å². The number of carbonyl (C=O) groups is 1. The Morgan fingerprint density at radius 2 is 2.17 bits per heavy atom. The zero-order chi connectivity index (χ0) is 13.8. The first-order valence-electron chi connectivity index (χ1n) is 5.42. The van der Waals surface area contributed by atoms with E-state index in [4.69, 9.17) is 9.52 Å². The zero-order valence-corrected chi connectivity index (χ0v) is 9.83. The van der Waals surface area contributed by atoms with Crippen LogP contribution in [0.2, 0.25) is 0 Å². The molecule has 0 aliphatic carbocycles. The number of nitrogens with zero attached hydrogens (tertiary/aromatic N) is 1. The second-order valence-corrected chi connectivity index (χ2v) is 3.68. The minimum atomic E-state index is -4.50. The maximum Gasteiger partial charge on any atom is 0.406 e. The lowest BCUT2D eigenvalue weighted by Gasteiger charge is -2.22. The third-order valence-electron chi connectivity index (χ3n) is 2.32. The Balaban J connectivity index is 2.89. The Kier molecular flexibility index (Phi) is 4.77. The Hall–Kier alpha value is -1.50. The molecule has 0 unspecified atom stereocenters. The van der Waals surface area contributed by atoms with E-state index < -0.39 is 25.2 Å². The molecule has 0 atom stereocenters. The molecule has 0 radical (unpaired) electrons. The average Bonchev–Trinajstić information content (AvgIpc) is 2.73.